The summed E-state index contributed by atoms with van der Waals surface area (Å²) in [6, 6.07) is 4.22. The van der Waals surface area contributed by atoms with Gasteiger partial charge in [-0.1, -0.05) is 6.92 Å². The van der Waals surface area contributed by atoms with E-state index < -0.39 is 10.0 Å². The van der Waals surface area contributed by atoms with Crippen molar-refractivity contribution >= 4 is 15.7 Å². The molecule has 0 aliphatic rings. The first kappa shape index (κ1) is 14.4. The van der Waals surface area contributed by atoms with Crippen LogP contribution in [0.2, 0.25) is 0 Å². The topological polar surface area (TPSA) is 113 Å². The zero-order valence-electron chi connectivity index (χ0n) is 11.0. The number of anilines is 1. The molecule has 0 amide bonds. The van der Waals surface area contributed by atoms with Crippen LogP contribution in [0.5, 0.6) is 11.5 Å². The highest BCUT2D eigenvalue weighted by atomic mass is 32.2. The second-order valence-corrected chi connectivity index (χ2v) is 5.82. The lowest BCUT2D eigenvalue weighted by Crippen LogP contribution is -2.14. The van der Waals surface area contributed by atoms with E-state index in [9.17, 15) is 8.42 Å². The summed E-state index contributed by atoms with van der Waals surface area (Å²) in [7, 11) is -3.82. The third kappa shape index (κ3) is 3.28. The number of benzene rings is 1. The van der Waals surface area contributed by atoms with E-state index in [2.05, 4.69) is 12.0 Å². The molecule has 108 valence electrons. The van der Waals surface area contributed by atoms with E-state index in [0.717, 1.165) is 13.0 Å². The van der Waals surface area contributed by atoms with Crippen LogP contribution in [-0.4, -0.2) is 18.2 Å². The number of hydrogen-bond acceptors (Lipinski definition) is 5. The fourth-order valence-electron chi connectivity index (χ4n) is 1.73. The molecule has 0 spiro atoms. The molecule has 0 bridgehead atoms. The van der Waals surface area contributed by atoms with Crippen LogP contribution in [0.3, 0.4) is 0 Å². The van der Waals surface area contributed by atoms with E-state index in [1.54, 1.807) is 17.1 Å². The molecule has 7 nitrogen and oxygen atoms in total. The van der Waals surface area contributed by atoms with Crippen LogP contribution in [0.4, 0.5) is 5.69 Å². The lowest BCUT2D eigenvalue weighted by Gasteiger charge is -2.07. The van der Waals surface area contributed by atoms with Crippen molar-refractivity contribution in [3.8, 4) is 11.5 Å². The van der Waals surface area contributed by atoms with Gasteiger partial charge in [0.1, 0.15) is 10.6 Å². The number of primary sulfonamides is 1. The Balaban J connectivity index is 2.20. The van der Waals surface area contributed by atoms with Crippen molar-refractivity contribution in [1.29, 1.82) is 0 Å². The molecule has 0 radical (unpaired) electrons. The zero-order valence-corrected chi connectivity index (χ0v) is 11.8. The summed E-state index contributed by atoms with van der Waals surface area (Å²) in [5.74, 6) is 0.979. The third-order valence-electron chi connectivity index (χ3n) is 2.59. The molecule has 0 aliphatic heterocycles. The van der Waals surface area contributed by atoms with Gasteiger partial charge in [-0.05, 0) is 18.6 Å². The summed E-state index contributed by atoms with van der Waals surface area (Å²) in [6.45, 7) is 2.85. The number of nitrogens with two attached hydrogens (primary N) is 2. The molecule has 20 heavy (non-hydrogen) atoms. The molecule has 8 heteroatoms. The maximum Gasteiger partial charge on any atom is 0.240 e. The number of sulfonamides is 1. The molecule has 2 rings (SSSR count). The van der Waals surface area contributed by atoms with Gasteiger partial charge in [-0.2, -0.15) is 5.10 Å². The first-order valence-corrected chi connectivity index (χ1v) is 7.57. The Bertz CT molecular complexity index is 709. The van der Waals surface area contributed by atoms with Gasteiger partial charge in [-0.15, -0.1) is 0 Å². The van der Waals surface area contributed by atoms with Crippen molar-refractivity contribution in [3.63, 3.8) is 0 Å². The minimum atomic E-state index is -3.82. The maximum absolute atomic E-state index is 11.2. The number of aryl methyl sites for hydroxylation is 1. The van der Waals surface area contributed by atoms with E-state index in [0.29, 0.717) is 11.5 Å². The van der Waals surface area contributed by atoms with E-state index in [1.807, 2.05) is 0 Å². The van der Waals surface area contributed by atoms with Gasteiger partial charge >= 0.3 is 0 Å². The lowest BCUT2D eigenvalue weighted by molar-refractivity contribution is 0.480. The molecule has 1 heterocycles. The monoisotopic (exact) mass is 296 g/mol. The van der Waals surface area contributed by atoms with Crippen LogP contribution in [0.1, 0.15) is 13.3 Å². The quantitative estimate of drug-likeness (QED) is 0.808. The number of aromatic nitrogens is 2. The molecule has 0 unspecified atom stereocenters. The smallest absolute Gasteiger partial charge is 0.240 e. The Hall–Kier alpha value is -2.06. The van der Waals surface area contributed by atoms with Gasteiger partial charge in [0.15, 0.2) is 5.75 Å². The number of nitrogens with zero attached hydrogens (tertiary/aromatic N) is 2. The first-order valence-electron chi connectivity index (χ1n) is 6.03. The van der Waals surface area contributed by atoms with Gasteiger partial charge in [0.25, 0.3) is 0 Å². The molecular weight excluding hydrogens is 280 g/mol. The molecule has 1 aromatic heterocycles. The summed E-state index contributed by atoms with van der Waals surface area (Å²) in [5.41, 5.74) is 5.70. The maximum atomic E-state index is 11.2. The zero-order chi connectivity index (χ0) is 14.8. The van der Waals surface area contributed by atoms with Gasteiger partial charge in [-0.25, -0.2) is 13.6 Å². The molecule has 0 saturated heterocycles. The molecule has 0 aliphatic carbocycles. The third-order valence-corrected chi connectivity index (χ3v) is 3.57. The number of rotatable bonds is 5. The second kappa shape index (κ2) is 5.51. The Kier molecular flexibility index (Phi) is 3.96. The predicted molar refractivity (Wildman–Crippen MR) is 74.8 cm³/mol. The van der Waals surface area contributed by atoms with E-state index in [1.165, 1.54) is 18.2 Å². The Morgan fingerprint density at radius 3 is 2.70 bits per heavy atom. The summed E-state index contributed by atoms with van der Waals surface area (Å²) in [5, 5.41) is 9.16. The molecule has 0 atom stereocenters. The van der Waals surface area contributed by atoms with Crippen molar-refractivity contribution < 1.29 is 13.2 Å². The first-order chi connectivity index (χ1) is 9.40. The lowest BCUT2D eigenvalue weighted by atomic mass is 10.3. The summed E-state index contributed by atoms with van der Waals surface area (Å²) < 4.78 is 29.8. The van der Waals surface area contributed by atoms with Gasteiger partial charge < -0.3 is 10.5 Å². The highest BCUT2D eigenvalue weighted by Gasteiger charge is 2.13. The largest absolute Gasteiger partial charge is 0.454 e. The fraction of sp³-hybridized carbons (Fsp3) is 0.250. The SMILES string of the molecule is CCCn1cc(Oc2ccc(S(N)(=O)=O)c(N)c2)cn1. The second-order valence-electron chi connectivity index (χ2n) is 4.29. The van der Waals surface area contributed by atoms with Crippen molar-refractivity contribution in [2.45, 2.75) is 24.8 Å². The van der Waals surface area contributed by atoms with Crippen LogP contribution < -0.4 is 15.6 Å². The van der Waals surface area contributed by atoms with E-state index >= 15 is 0 Å². The van der Waals surface area contributed by atoms with Gasteiger partial charge in [0.05, 0.1) is 18.1 Å². The molecule has 1 aromatic carbocycles. The Morgan fingerprint density at radius 1 is 1.35 bits per heavy atom. The minimum absolute atomic E-state index is 0.0472. The fourth-order valence-corrected chi connectivity index (χ4v) is 2.38. The van der Waals surface area contributed by atoms with Crippen LogP contribution in [0.25, 0.3) is 0 Å². The number of ether oxygens (including phenoxy) is 1. The van der Waals surface area contributed by atoms with Crippen LogP contribution >= 0.6 is 0 Å². The van der Waals surface area contributed by atoms with Crippen LogP contribution in [0, 0.1) is 0 Å². The highest BCUT2D eigenvalue weighted by molar-refractivity contribution is 7.89. The van der Waals surface area contributed by atoms with Crippen LogP contribution in [-0.2, 0) is 16.6 Å². The normalized spacial score (nSPS) is 11.5. The highest BCUT2D eigenvalue weighted by Crippen LogP contribution is 2.26. The van der Waals surface area contributed by atoms with Crippen LogP contribution in [0.15, 0.2) is 35.5 Å². The average molecular weight is 296 g/mol. The molecular formula is C12H16N4O3S. The van der Waals surface area contributed by atoms with Crippen molar-refractivity contribution in [3.05, 3.63) is 30.6 Å². The Labute approximate surface area is 117 Å². The molecule has 0 saturated carbocycles. The summed E-state index contributed by atoms with van der Waals surface area (Å²) in [4.78, 5) is -0.119. The predicted octanol–water partition coefficient (Wildman–Crippen LogP) is 1.32. The van der Waals surface area contributed by atoms with Gasteiger partial charge in [0.2, 0.25) is 10.0 Å². The van der Waals surface area contributed by atoms with Crippen molar-refractivity contribution in [1.82, 2.24) is 9.78 Å². The standard InChI is InChI=1S/C12H16N4O3S/c1-2-5-16-8-10(7-15-16)19-9-3-4-12(11(13)6-9)20(14,17)18/h3-4,6-8H,2,5,13H2,1H3,(H2,14,17,18). The van der Waals surface area contributed by atoms with Gasteiger partial charge in [-0.3, -0.25) is 4.68 Å². The minimum Gasteiger partial charge on any atom is -0.454 e. The Morgan fingerprint density at radius 2 is 2.10 bits per heavy atom. The van der Waals surface area contributed by atoms with Crippen molar-refractivity contribution in [2.24, 2.45) is 5.14 Å². The van der Waals surface area contributed by atoms with E-state index in [-0.39, 0.29) is 10.6 Å². The summed E-state index contributed by atoms with van der Waals surface area (Å²) >= 11 is 0. The number of hydrogen-bond donors (Lipinski definition) is 2. The average Bonchev–Trinajstić information content (AvgIpc) is 2.75. The molecule has 4 N–H and O–H groups in total. The van der Waals surface area contributed by atoms with Gasteiger partial charge in [0, 0.05) is 12.6 Å². The van der Waals surface area contributed by atoms with E-state index in [4.69, 9.17) is 15.6 Å². The number of nitrogen functional groups attached to an aromatic ring is 1. The summed E-state index contributed by atoms with van der Waals surface area (Å²) in [6.07, 6.45) is 4.31. The van der Waals surface area contributed by atoms with Crippen molar-refractivity contribution in [2.75, 3.05) is 5.73 Å². The molecule has 0 fully saturated rings. The molecule has 2 aromatic rings.